The van der Waals surface area contributed by atoms with Gasteiger partial charge >= 0.3 is 0 Å². The van der Waals surface area contributed by atoms with Crippen LogP contribution in [0, 0.1) is 0 Å². The molecule has 4 nitrogen and oxygen atoms in total. The van der Waals surface area contributed by atoms with Crippen LogP contribution in [0.1, 0.15) is 19.6 Å². The van der Waals surface area contributed by atoms with Crippen LogP contribution in [0.4, 0.5) is 5.82 Å². The lowest BCUT2D eigenvalue weighted by atomic mass is 10.4. The largest absolute Gasteiger partial charge is 0.377 e. The molecule has 0 bridgehead atoms. The molecule has 1 N–H and O–H groups in total. The molecule has 1 aromatic heterocycles. The summed E-state index contributed by atoms with van der Waals surface area (Å²) in [5.74, 6) is 1.50. The minimum Gasteiger partial charge on any atom is -0.377 e. The summed E-state index contributed by atoms with van der Waals surface area (Å²) in [7, 11) is 1.62. The van der Waals surface area contributed by atoms with Crippen molar-refractivity contribution in [2.24, 2.45) is 0 Å². The van der Waals surface area contributed by atoms with E-state index in [2.05, 4.69) is 10.5 Å². The highest BCUT2D eigenvalue weighted by Crippen LogP contribution is 2.10. The number of nitrogens with one attached hydrogen (secondary N) is 1. The first-order chi connectivity index (χ1) is 5.72. The van der Waals surface area contributed by atoms with Crippen molar-refractivity contribution < 1.29 is 9.26 Å². The van der Waals surface area contributed by atoms with E-state index in [0.29, 0.717) is 12.6 Å². The fourth-order valence-corrected chi connectivity index (χ4v) is 0.887. The molecule has 12 heavy (non-hydrogen) atoms. The minimum absolute atomic E-state index is 0.366. The maximum absolute atomic E-state index is 4.97. The molecular weight excluding hydrogens is 156 g/mol. The molecule has 0 saturated carbocycles. The summed E-state index contributed by atoms with van der Waals surface area (Å²) in [6, 6.07) is 2.20. The van der Waals surface area contributed by atoms with E-state index in [1.165, 1.54) is 0 Å². The molecule has 0 amide bonds. The Bertz CT molecular complexity index is 233. The van der Waals surface area contributed by atoms with Crippen LogP contribution in [0.5, 0.6) is 0 Å². The van der Waals surface area contributed by atoms with E-state index in [9.17, 15) is 0 Å². The summed E-state index contributed by atoms with van der Waals surface area (Å²) in [5, 5.41) is 6.93. The molecule has 0 radical (unpaired) electrons. The SMILES string of the molecule is COCc1cc(NC(C)C)no1. The maximum atomic E-state index is 4.97. The maximum Gasteiger partial charge on any atom is 0.169 e. The Morgan fingerprint density at radius 3 is 3.00 bits per heavy atom. The van der Waals surface area contributed by atoms with Gasteiger partial charge in [-0.15, -0.1) is 0 Å². The molecule has 0 aliphatic carbocycles. The Hall–Kier alpha value is -1.03. The Balaban J connectivity index is 2.52. The van der Waals surface area contributed by atoms with Crippen LogP contribution in [-0.4, -0.2) is 18.3 Å². The zero-order valence-electron chi connectivity index (χ0n) is 7.63. The van der Waals surface area contributed by atoms with Gasteiger partial charge in [-0.25, -0.2) is 0 Å². The number of hydrogen-bond acceptors (Lipinski definition) is 4. The molecule has 0 saturated heterocycles. The van der Waals surface area contributed by atoms with Gasteiger partial charge in [0.25, 0.3) is 0 Å². The molecule has 1 aromatic rings. The first-order valence-electron chi connectivity index (χ1n) is 3.93. The monoisotopic (exact) mass is 170 g/mol. The van der Waals surface area contributed by atoms with Crippen LogP contribution in [0.3, 0.4) is 0 Å². The second kappa shape index (κ2) is 4.11. The standard InChI is InChI=1S/C8H14N2O2/c1-6(2)9-8-4-7(5-11-3)12-10-8/h4,6H,5H2,1-3H3,(H,9,10). The van der Waals surface area contributed by atoms with Crippen molar-refractivity contribution in [3.63, 3.8) is 0 Å². The van der Waals surface area contributed by atoms with Gasteiger partial charge in [-0.1, -0.05) is 5.16 Å². The number of rotatable bonds is 4. The van der Waals surface area contributed by atoms with Crippen molar-refractivity contribution in [2.45, 2.75) is 26.5 Å². The first kappa shape index (κ1) is 9.06. The Labute approximate surface area is 71.9 Å². The van der Waals surface area contributed by atoms with Gasteiger partial charge in [0, 0.05) is 19.2 Å². The van der Waals surface area contributed by atoms with Crippen molar-refractivity contribution in [3.8, 4) is 0 Å². The molecule has 4 heteroatoms. The molecule has 0 atom stereocenters. The van der Waals surface area contributed by atoms with E-state index in [4.69, 9.17) is 9.26 Å². The van der Waals surface area contributed by atoms with E-state index in [1.54, 1.807) is 7.11 Å². The van der Waals surface area contributed by atoms with Crippen molar-refractivity contribution in [1.29, 1.82) is 0 Å². The molecule has 1 heterocycles. The third-order valence-corrected chi connectivity index (χ3v) is 1.28. The summed E-state index contributed by atoms with van der Waals surface area (Å²) >= 11 is 0. The van der Waals surface area contributed by atoms with Crippen LogP contribution in [0.25, 0.3) is 0 Å². The average Bonchev–Trinajstić information content (AvgIpc) is 2.36. The fraction of sp³-hybridized carbons (Fsp3) is 0.625. The predicted molar refractivity (Wildman–Crippen MR) is 46.0 cm³/mol. The fourth-order valence-electron chi connectivity index (χ4n) is 0.887. The molecule has 0 fully saturated rings. The summed E-state index contributed by atoms with van der Waals surface area (Å²) in [4.78, 5) is 0. The number of nitrogens with zero attached hydrogens (tertiary/aromatic N) is 1. The summed E-state index contributed by atoms with van der Waals surface area (Å²) in [6.45, 7) is 4.56. The molecule has 0 spiro atoms. The van der Waals surface area contributed by atoms with Crippen molar-refractivity contribution in [1.82, 2.24) is 5.16 Å². The van der Waals surface area contributed by atoms with Crippen LogP contribution < -0.4 is 5.32 Å². The van der Waals surface area contributed by atoms with Gasteiger partial charge in [-0.3, -0.25) is 0 Å². The third-order valence-electron chi connectivity index (χ3n) is 1.28. The Morgan fingerprint density at radius 1 is 1.67 bits per heavy atom. The molecule has 0 aliphatic heterocycles. The molecule has 0 aliphatic rings. The third kappa shape index (κ3) is 2.54. The van der Waals surface area contributed by atoms with Gasteiger partial charge < -0.3 is 14.6 Å². The smallest absolute Gasteiger partial charge is 0.169 e. The normalized spacial score (nSPS) is 10.7. The van der Waals surface area contributed by atoms with Crippen LogP contribution in [0.2, 0.25) is 0 Å². The second-order valence-corrected chi connectivity index (χ2v) is 2.91. The summed E-state index contributed by atoms with van der Waals surface area (Å²) in [5.41, 5.74) is 0. The highest BCUT2D eigenvalue weighted by Gasteiger charge is 2.03. The number of hydrogen-bond donors (Lipinski definition) is 1. The molecule has 68 valence electrons. The summed E-state index contributed by atoms with van der Waals surface area (Å²) in [6.07, 6.45) is 0. The van der Waals surface area contributed by atoms with Gasteiger partial charge in [0.2, 0.25) is 0 Å². The first-order valence-corrected chi connectivity index (χ1v) is 3.93. The van der Waals surface area contributed by atoms with Gasteiger partial charge in [-0.2, -0.15) is 0 Å². The lowest BCUT2D eigenvalue weighted by Gasteiger charge is -2.03. The molecule has 0 aromatic carbocycles. The van der Waals surface area contributed by atoms with Gasteiger partial charge in [0.1, 0.15) is 6.61 Å². The number of anilines is 1. The van der Waals surface area contributed by atoms with E-state index in [1.807, 2.05) is 19.9 Å². The van der Waals surface area contributed by atoms with Crippen molar-refractivity contribution >= 4 is 5.82 Å². The summed E-state index contributed by atoms with van der Waals surface area (Å²) < 4.78 is 9.85. The van der Waals surface area contributed by atoms with Crippen LogP contribution in [-0.2, 0) is 11.3 Å². The van der Waals surface area contributed by atoms with E-state index < -0.39 is 0 Å². The molecule has 0 unspecified atom stereocenters. The Kier molecular flexibility index (Phi) is 3.10. The van der Waals surface area contributed by atoms with Crippen LogP contribution >= 0.6 is 0 Å². The van der Waals surface area contributed by atoms with E-state index in [-0.39, 0.29) is 0 Å². The van der Waals surface area contributed by atoms with Gasteiger partial charge in [0.15, 0.2) is 11.6 Å². The second-order valence-electron chi connectivity index (χ2n) is 2.91. The van der Waals surface area contributed by atoms with Gasteiger partial charge in [0.05, 0.1) is 0 Å². The quantitative estimate of drug-likeness (QED) is 0.746. The topological polar surface area (TPSA) is 47.3 Å². The highest BCUT2D eigenvalue weighted by atomic mass is 16.5. The average molecular weight is 170 g/mol. The highest BCUT2D eigenvalue weighted by molar-refractivity contribution is 5.34. The number of aromatic nitrogens is 1. The molecule has 1 rings (SSSR count). The predicted octanol–water partition coefficient (Wildman–Crippen LogP) is 1.64. The lowest BCUT2D eigenvalue weighted by molar-refractivity contribution is 0.156. The van der Waals surface area contributed by atoms with Crippen molar-refractivity contribution in [2.75, 3.05) is 12.4 Å². The van der Waals surface area contributed by atoms with Gasteiger partial charge in [-0.05, 0) is 13.8 Å². The zero-order valence-corrected chi connectivity index (χ0v) is 7.63. The van der Waals surface area contributed by atoms with Crippen LogP contribution in [0.15, 0.2) is 10.6 Å². The lowest BCUT2D eigenvalue weighted by Crippen LogP contribution is -2.09. The number of ether oxygens (including phenoxy) is 1. The van der Waals surface area contributed by atoms with E-state index in [0.717, 1.165) is 11.6 Å². The van der Waals surface area contributed by atoms with E-state index >= 15 is 0 Å². The number of methoxy groups -OCH3 is 1. The molecular formula is C8H14N2O2. The Morgan fingerprint density at radius 2 is 2.42 bits per heavy atom. The minimum atomic E-state index is 0.366. The van der Waals surface area contributed by atoms with Crippen molar-refractivity contribution in [3.05, 3.63) is 11.8 Å². The zero-order chi connectivity index (χ0) is 8.97.